The predicted octanol–water partition coefficient (Wildman–Crippen LogP) is 3.04. The fourth-order valence-corrected chi connectivity index (χ4v) is 2.73. The van der Waals surface area contributed by atoms with Crippen LogP contribution in [0.4, 0.5) is 0 Å². The number of nitrogens with zero attached hydrogens (tertiary/aromatic N) is 1. The molecule has 6 nitrogen and oxygen atoms in total. The highest BCUT2D eigenvalue weighted by Gasteiger charge is 2.30. The molecule has 130 valence electrons. The lowest BCUT2D eigenvalue weighted by Crippen LogP contribution is -2.20. The van der Waals surface area contributed by atoms with Crippen molar-refractivity contribution in [2.45, 2.75) is 0 Å². The van der Waals surface area contributed by atoms with Crippen molar-refractivity contribution in [3.8, 4) is 0 Å². The number of hydrogen-bond donors (Lipinski definition) is 0. The predicted molar refractivity (Wildman–Crippen MR) is 94.3 cm³/mol. The van der Waals surface area contributed by atoms with E-state index in [9.17, 15) is 14.4 Å². The summed E-state index contributed by atoms with van der Waals surface area (Å²) in [6, 6.07) is 15.3. The van der Waals surface area contributed by atoms with Crippen LogP contribution in [0.15, 0.2) is 54.6 Å². The molecule has 0 saturated carbocycles. The molecule has 0 saturated heterocycles. The van der Waals surface area contributed by atoms with Gasteiger partial charge in [-0.3, -0.25) is 4.79 Å². The smallest absolute Gasteiger partial charge is 0.357 e. The lowest BCUT2D eigenvalue weighted by Gasteiger charge is -2.14. The number of ketones is 1. The molecule has 3 aromatic rings. The molecule has 0 aliphatic rings. The number of fused-ring (bicyclic) bond motifs is 1. The number of aromatic nitrogens is 1. The van der Waals surface area contributed by atoms with Crippen LogP contribution < -0.4 is 0 Å². The van der Waals surface area contributed by atoms with Crippen molar-refractivity contribution in [2.75, 3.05) is 14.2 Å². The van der Waals surface area contributed by atoms with Gasteiger partial charge in [0, 0.05) is 16.5 Å². The maximum atomic E-state index is 13.2. The first-order chi connectivity index (χ1) is 12.6. The molecule has 1 heterocycles. The topological polar surface area (TPSA) is 82.6 Å². The molecular formula is C20H15NO5. The number of para-hydroxylation sites is 1. The van der Waals surface area contributed by atoms with E-state index in [-0.39, 0.29) is 16.8 Å². The third-order valence-electron chi connectivity index (χ3n) is 3.92. The van der Waals surface area contributed by atoms with Gasteiger partial charge in [-0.15, -0.1) is 0 Å². The van der Waals surface area contributed by atoms with Crippen molar-refractivity contribution < 1.29 is 23.9 Å². The van der Waals surface area contributed by atoms with Crippen LogP contribution in [0, 0.1) is 0 Å². The molecule has 0 spiro atoms. The molecule has 0 amide bonds. The lowest BCUT2D eigenvalue weighted by atomic mass is 9.93. The van der Waals surface area contributed by atoms with Gasteiger partial charge in [0.25, 0.3) is 0 Å². The summed E-state index contributed by atoms with van der Waals surface area (Å²) in [5, 5.41) is 0.453. The molecule has 0 aliphatic carbocycles. The number of hydrogen-bond acceptors (Lipinski definition) is 6. The molecular weight excluding hydrogens is 334 g/mol. The Balaban J connectivity index is 2.42. The number of carbonyl (C=O) groups excluding carboxylic acids is 3. The van der Waals surface area contributed by atoms with E-state index in [2.05, 4.69) is 4.98 Å². The summed E-state index contributed by atoms with van der Waals surface area (Å²) in [5.74, 6) is -2.06. The van der Waals surface area contributed by atoms with Gasteiger partial charge in [-0.05, 0) is 6.07 Å². The standard InChI is InChI=1S/C20H15NO5/c1-25-19(23)16-15(18(22)12-8-4-3-5-9-12)13-10-6-7-11-14(13)21-17(16)20(24)26-2/h3-11H,1-2H3. The molecule has 26 heavy (non-hydrogen) atoms. The SMILES string of the molecule is COC(=O)c1nc2ccccc2c(C(=O)c2ccccc2)c1C(=O)OC. The first-order valence-electron chi connectivity index (χ1n) is 7.77. The average Bonchev–Trinajstić information content (AvgIpc) is 2.71. The van der Waals surface area contributed by atoms with Gasteiger partial charge in [0.15, 0.2) is 11.5 Å². The summed E-state index contributed by atoms with van der Waals surface area (Å²) in [6.45, 7) is 0. The number of rotatable bonds is 4. The third kappa shape index (κ3) is 2.93. The van der Waals surface area contributed by atoms with Gasteiger partial charge in [0.1, 0.15) is 5.56 Å². The minimum absolute atomic E-state index is 0.0639. The molecule has 3 rings (SSSR count). The first kappa shape index (κ1) is 17.3. The minimum Gasteiger partial charge on any atom is -0.465 e. The van der Waals surface area contributed by atoms with Crippen LogP contribution in [-0.4, -0.2) is 36.9 Å². The number of ether oxygens (including phenoxy) is 2. The highest BCUT2D eigenvalue weighted by atomic mass is 16.5. The summed E-state index contributed by atoms with van der Waals surface area (Å²) in [5.41, 5.74) is 0.392. The number of pyridine rings is 1. The maximum Gasteiger partial charge on any atom is 0.357 e. The van der Waals surface area contributed by atoms with Crippen LogP contribution in [-0.2, 0) is 9.47 Å². The van der Waals surface area contributed by atoms with Crippen LogP contribution in [0.25, 0.3) is 10.9 Å². The Kier molecular flexibility index (Phi) is 4.75. The van der Waals surface area contributed by atoms with E-state index in [1.807, 2.05) is 0 Å². The van der Waals surface area contributed by atoms with Crippen molar-refractivity contribution in [2.24, 2.45) is 0 Å². The largest absolute Gasteiger partial charge is 0.465 e. The van der Waals surface area contributed by atoms with Crippen LogP contribution in [0.1, 0.15) is 36.8 Å². The van der Waals surface area contributed by atoms with E-state index >= 15 is 0 Å². The summed E-state index contributed by atoms with van der Waals surface area (Å²) in [4.78, 5) is 42.0. The minimum atomic E-state index is -0.831. The Morgan fingerprint density at radius 2 is 1.38 bits per heavy atom. The molecule has 0 atom stereocenters. The number of methoxy groups -OCH3 is 2. The average molecular weight is 349 g/mol. The Morgan fingerprint density at radius 1 is 0.769 bits per heavy atom. The van der Waals surface area contributed by atoms with Gasteiger partial charge >= 0.3 is 11.9 Å². The van der Waals surface area contributed by atoms with Crippen LogP contribution >= 0.6 is 0 Å². The van der Waals surface area contributed by atoms with E-state index in [4.69, 9.17) is 9.47 Å². The number of benzene rings is 2. The Hall–Kier alpha value is -3.54. The molecule has 1 aromatic heterocycles. The molecule has 0 N–H and O–H groups in total. The van der Waals surface area contributed by atoms with Gasteiger partial charge in [0.05, 0.1) is 19.7 Å². The zero-order valence-corrected chi connectivity index (χ0v) is 14.2. The summed E-state index contributed by atoms with van der Waals surface area (Å²) in [6.07, 6.45) is 0. The zero-order chi connectivity index (χ0) is 18.7. The monoisotopic (exact) mass is 349 g/mol. The van der Waals surface area contributed by atoms with E-state index in [1.54, 1.807) is 54.6 Å². The normalized spacial score (nSPS) is 10.4. The van der Waals surface area contributed by atoms with Crippen molar-refractivity contribution in [1.82, 2.24) is 4.98 Å². The van der Waals surface area contributed by atoms with E-state index in [1.165, 1.54) is 14.2 Å². The molecule has 0 fully saturated rings. The van der Waals surface area contributed by atoms with Crippen LogP contribution in [0.5, 0.6) is 0 Å². The van der Waals surface area contributed by atoms with Crippen molar-refractivity contribution in [3.05, 3.63) is 77.0 Å². The van der Waals surface area contributed by atoms with Gasteiger partial charge < -0.3 is 9.47 Å². The van der Waals surface area contributed by atoms with Crippen molar-refractivity contribution >= 4 is 28.6 Å². The van der Waals surface area contributed by atoms with E-state index < -0.39 is 17.7 Å². The molecule has 0 unspecified atom stereocenters. The molecule has 0 aliphatic heterocycles. The van der Waals surface area contributed by atoms with E-state index in [0.29, 0.717) is 16.5 Å². The highest BCUT2D eigenvalue weighted by molar-refractivity contribution is 6.23. The Morgan fingerprint density at radius 3 is 2.04 bits per heavy atom. The second-order valence-electron chi connectivity index (χ2n) is 5.41. The second-order valence-corrected chi connectivity index (χ2v) is 5.41. The highest BCUT2D eigenvalue weighted by Crippen LogP contribution is 2.27. The van der Waals surface area contributed by atoms with Gasteiger partial charge in [-0.25, -0.2) is 14.6 Å². The van der Waals surface area contributed by atoms with Crippen molar-refractivity contribution in [1.29, 1.82) is 0 Å². The molecule has 0 radical (unpaired) electrons. The van der Waals surface area contributed by atoms with E-state index in [0.717, 1.165) is 0 Å². The summed E-state index contributed by atoms with van der Waals surface area (Å²) < 4.78 is 9.55. The van der Waals surface area contributed by atoms with Crippen LogP contribution in [0.2, 0.25) is 0 Å². The number of carbonyl (C=O) groups is 3. The van der Waals surface area contributed by atoms with Crippen LogP contribution in [0.3, 0.4) is 0 Å². The lowest BCUT2D eigenvalue weighted by molar-refractivity contribution is 0.0549. The fraction of sp³-hybridized carbons (Fsp3) is 0.100. The van der Waals surface area contributed by atoms with Gasteiger partial charge in [-0.1, -0.05) is 48.5 Å². The summed E-state index contributed by atoms with van der Waals surface area (Å²) >= 11 is 0. The molecule has 0 bridgehead atoms. The maximum absolute atomic E-state index is 13.2. The Bertz CT molecular complexity index is 1010. The Labute approximate surface area is 149 Å². The van der Waals surface area contributed by atoms with Crippen molar-refractivity contribution in [3.63, 3.8) is 0 Å². The summed E-state index contributed by atoms with van der Waals surface area (Å²) in [7, 11) is 2.36. The quantitative estimate of drug-likeness (QED) is 0.532. The second kappa shape index (κ2) is 7.14. The fourth-order valence-electron chi connectivity index (χ4n) is 2.73. The zero-order valence-electron chi connectivity index (χ0n) is 14.2. The third-order valence-corrected chi connectivity index (χ3v) is 3.92. The number of esters is 2. The van der Waals surface area contributed by atoms with Gasteiger partial charge in [0.2, 0.25) is 0 Å². The van der Waals surface area contributed by atoms with Gasteiger partial charge in [-0.2, -0.15) is 0 Å². The molecule has 2 aromatic carbocycles. The molecule has 6 heteroatoms. The first-order valence-corrected chi connectivity index (χ1v) is 7.77.